The molecule has 1 aliphatic rings. The molecule has 2 heterocycles. The van der Waals surface area contributed by atoms with E-state index in [0.717, 1.165) is 30.6 Å². The number of nitrogens with zero attached hydrogens (tertiary/aromatic N) is 2. The number of fused-ring (bicyclic) bond motifs is 2. The van der Waals surface area contributed by atoms with Crippen molar-refractivity contribution < 1.29 is 13.2 Å². The first-order valence-electron chi connectivity index (χ1n) is 11.5. The third kappa shape index (κ3) is 4.36. The molecule has 4 aromatic carbocycles. The van der Waals surface area contributed by atoms with Gasteiger partial charge in [-0.25, -0.2) is 13.4 Å². The molecule has 0 radical (unpaired) electrons. The molecule has 0 saturated heterocycles. The van der Waals surface area contributed by atoms with E-state index in [0.29, 0.717) is 11.4 Å². The van der Waals surface area contributed by atoms with Gasteiger partial charge in [0.1, 0.15) is 11.9 Å². The van der Waals surface area contributed by atoms with Crippen LogP contribution in [0.4, 0.5) is 5.69 Å². The van der Waals surface area contributed by atoms with Crippen LogP contribution in [0.1, 0.15) is 17.2 Å². The highest BCUT2D eigenvalue weighted by molar-refractivity contribution is 8.01. The van der Waals surface area contributed by atoms with Gasteiger partial charge in [-0.3, -0.25) is 4.31 Å². The van der Waals surface area contributed by atoms with E-state index < -0.39 is 16.1 Å². The third-order valence-corrected chi connectivity index (χ3v) is 9.94. The molecule has 0 bridgehead atoms. The highest BCUT2D eigenvalue weighted by Crippen LogP contribution is 2.44. The molecule has 0 saturated carbocycles. The molecule has 0 N–H and O–H groups in total. The smallest absolute Gasteiger partial charge is 0.264 e. The van der Waals surface area contributed by atoms with Crippen LogP contribution in [0.2, 0.25) is 0 Å². The van der Waals surface area contributed by atoms with Gasteiger partial charge in [0.15, 0.2) is 4.34 Å². The fourth-order valence-electron chi connectivity index (χ4n) is 4.20. The summed E-state index contributed by atoms with van der Waals surface area (Å²) in [5, 5.41) is 0. The highest BCUT2D eigenvalue weighted by Gasteiger charge is 2.35. The third-order valence-electron chi connectivity index (χ3n) is 6.06. The standard InChI is InChI=1S/C28H22N2O3S3/c1-19-11-14-22(15-12-19)36(31,32)30-18-26(20-7-3-2-4-8-20)33-25-16-13-21(17-24(25)30)34-28-29-23-9-5-6-10-27(23)35-28/h2-17,26H,18H2,1H3. The Kier molecular flexibility index (Phi) is 5.95. The van der Waals surface area contributed by atoms with Gasteiger partial charge in [-0.05, 0) is 55.0 Å². The van der Waals surface area contributed by atoms with Crippen molar-refractivity contribution in [2.75, 3.05) is 10.8 Å². The predicted molar refractivity (Wildman–Crippen MR) is 146 cm³/mol. The number of benzene rings is 4. The van der Waals surface area contributed by atoms with Crippen molar-refractivity contribution in [1.29, 1.82) is 0 Å². The summed E-state index contributed by atoms with van der Waals surface area (Å²) >= 11 is 3.14. The lowest BCUT2D eigenvalue weighted by Gasteiger charge is -2.36. The molecule has 1 aliphatic heterocycles. The van der Waals surface area contributed by atoms with E-state index in [4.69, 9.17) is 9.72 Å². The average molecular weight is 531 g/mol. The minimum atomic E-state index is -3.81. The molecule has 180 valence electrons. The average Bonchev–Trinajstić information content (AvgIpc) is 3.31. The number of ether oxygens (including phenoxy) is 1. The lowest BCUT2D eigenvalue weighted by atomic mass is 10.1. The van der Waals surface area contributed by atoms with Crippen molar-refractivity contribution >= 4 is 49.0 Å². The van der Waals surface area contributed by atoms with Gasteiger partial charge in [-0.15, -0.1) is 11.3 Å². The second-order valence-electron chi connectivity index (χ2n) is 8.55. The van der Waals surface area contributed by atoms with E-state index in [9.17, 15) is 8.42 Å². The van der Waals surface area contributed by atoms with E-state index in [1.54, 1.807) is 23.5 Å². The number of aryl methyl sites for hydroxylation is 1. The van der Waals surface area contributed by atoms with Gasteiger partial charge in [0, 0.05) is 4.90 Å². The van der Waals surface area contributed by atoms with Crippen LogP contribution in [0.15, 0.2) is 111 Å². The van der Waals surface area contributed by atoms with Gasteiger partial charge in [-0.1, -0.05) is 71.9 Å². The van der Waals surface area contributed by atoms with E-state index in [1.807, 2.05) is 85.8 Å². The van der Waals surface area contributed by atoms with Crippen molar-refractivity contribution in [3.05, 3.63) is 108 Å². The fraction of sp³-hybridized carbons (Fsp3) is 0.107. The topological polar surface area (TPSA) is 59.5 Å². The van der Waals surface area contributed by atoms with E-state index in [2.05, 4.69) is 6.07 Å². The maximum absolute atomic E-state index is 13.9. The lowest BCUT2D eigenvalue weighted by molar-refractivity contribution is 0.204. The Labute approximate surface area is 218 Å². The van der Waals surface area contributed by atoms with Gasteiger partial charge in [0.2, 0.25) is 0 Å². The number of hydrogen-bond acceptors (Lipinski definition) is 6. The van der Waals surface area contributed by atoms with Crippen molar-refractivity contribution in [2.24, 2.45) is 0 Å². The number of hydrogen-bond donors (Lipinski definition) is 0. The fourth-order valence-corrected chi connectivity index (χ4v) is 7.74. The van der Waals surface area contributed by atoms with Gasteiger partial charge in [0.05, 0.1) is 27.3 Å². The normalized spacial score (nSPS) is 15.5. The Morgan fingerprint density at radius 1 is 0.944 bits per heavy atom. The number of rotatable bonds is 5. The maximum Gasteiger partial charge on any atom is 0.264 e. The second kappa shape index (κ2) is 9.28. The van der Waals surface area contributed by atoms with Crippen molar-refractivity contribution in [2.45, 2.75) is 27.2 Å². The van der Waals surface area contributed by atoms with E-state index in [1.165, 1.54) is 16.1 Å². The van der Waals surface area contributed by atoms with E-state index >= 15 is 0 Å². The van der Waals surface area contributed by atoms with Crippen molar-refractivity contribution in [1.82, 2.24) is 4.98 Å². The van der Waals surface area contributed by atoms with Gasteiger partial charge >= 0.3 is 0 Å². The predicted octanol–water partition coefficient (Wildman–Crippen LogP) is 7.08. The van der Waals surface area contributed by atoms with Crippen LogP contribution < -0.4 is 9.04 Å². The summed E-state index contributed by atoms with van der Waals surface area (Å²) in [5.41, 5.74) is 3.43. The summed E-state index contributed by atoms with van der Waals surface area (Å²) in [6.45, 7) is 2.12. The molecule has 6 rings (SSSR count). The molecule has 5 aromatic rings. The first-order valence-corrected chi connectivity index (χ1v) is 14.5. The Bertz CT molecular complexity index is 1620. The summed E-state index contributed by atoms with van der Waals surface area (Å²) in [4.78, 5) is 5.88. The molecule has 5 nitrogen and oxygen atoms in total. The molecule has 1 unspecified atom stereocenters. The molecule has 8 heteroatoms. The first-order chi connectivity index (χ1) is 17.5. The van der Waals surface area contributed by atoms with Crippen LogP contribution in [0.5, 0.6) is 5.75 Å². The summed E-state index contributed by atoms with van der Waals surface area (Å²) in [5.74, 6) is 0.541. The van der Waals surface area contributed by atoms with Crippen LogP contribution >= 0.6 is 23.1 Å². The van der Waals surface area contributed by atoms with Crippen LogP contribution in [0.3, 0.4) is 0 Å². The number of aromatic nitrogens is 1. The molecule has 1 aromatic heterocycles. The maximum atomic E-state index is 13.9. The van der Waals surface area contributed by atoms with Crippen molar-refractivity contribution in [3.63, 3.8) is 0 Å². The molecule has 0 spiro atoms. The number of anilines is 1. The molecule has 0 amide bonds. The first kappa shape index (κ1) is 23.1. The summed E-state index contributed by atoms with van der Waals surface area (Å²) in [6.07, 6.45) is -0.415. The highest BCUT2D eigenvalue weighted by atomic mass is 32.2. The summed E-state index contributed by atoms with van der Waals surface area (Å²) < 4.78 is 37.6. The zero-order chi connectivity index (χ0) is 24.7. The van der Waals surface area contributed by atoms with E-state index in [-0.39, 0.29) is 11.4 Å². The van der Waals surface area contributed by atoms with Crippen LogP contribution in [-0.2, 0) is 10.0 Å². The molecule has 1 atom stereocenters. The molecule has 0 fully saturated rings. The number of para-hydroxylation sites is 1. The van der Waals surface area contributed by atoms with Gasteiger partial charge in [0.25, 0.3) is 10.0 Å². The van der Waals surface area contributed by atoms with Crippen molar-refractivity contribution in [3.8, 4) is 5.75 Å². The Morgan fingerprint density at radius 3 is 2.47 bits per heavy atom. The van der Waals surface area contributed by atoms with Crippen LogP contribution in [-0.4, -0.2) is 19.9 Å². The molecular weight excluding hydrogens is 509 g/mol. The Hall–Kier alpha value is -3.33. The second-order valence-corrected chi connectivity index (χ2v) is 12.8. The molecular formula is C28H22N2O3S3. The molecule has 0 aliphatic carbocycles. The SMILES string of the molecule is Cc1ccc(S(=O)(=O)N2CC(c3ccccc3)Oc3ccc(Sc4nc5ccccc5s4)cc32)cc1. The van der Waals surface area contributed by atoms with Crippen LogP contribution in [0, 0.1) is 6.92 Å². The Morgan fingerprint density at radius 2 is 1.69 bits per heavy atom. The monoisotopic (exact) mass is 530 g/mol. The minimum absolute atomic E-state index is 0.183. The zero-order valence-corrected chi connectivity index (χ0v) is 21.8. The number of sulfonamides is 1. The summed E-state index contributed by atoms with van der Waals surface area (Å²) in [7, 11) is -3.81. The lowest BCUT2D eigenvalue weighted by Crippen LogP contribution is -2.39. The molecule has 36 heavy (non-hydrogen) atoms. The Balaban J connectivity index is 1.41. The van der Waals surface area contributed by atoms with Crippen LogP contribution in [0.25, 0.3) is 10.2 Å². The largest absolute Gasteiger partial charge is 0.482 e. The van der Waals surface area contributed by atoms with Gasteiger partial charge in [-0.2, -0.15) is 0 Å². The van der Waals surface area contributed by atoms with Gasteiger partial charge < -0.3 is 4.74 Å². The number of thiazole rings is 1. The summed E-state index contributed by atoms with van der Waals surface area (Å²) in [6, 6.07) is 30.4. The minimum Gasteiger partial charge on any atom is -0.482 e. The quantitative estimate of drug-likeness (QED) is 0.243. The zero-order valence-electron chi connectivity index (χ0n) is 19.4.